The van der Waals surface area contributed by atoms with E-state index in [0.717, 1.165) is 23.2 Å². The molecule has 0 aromatic rings. The molecule has 0 saturated heterocycles. The Bertz CT molecular complexity index is 255. The van der Waals surface area contributed by atoms with Crippen LogP contribution >= 0.6 is 0 Å². The van der Waals surface area contributed by atoms with Gasteiger partial charge in [-0.05, 0) is 81.2 Å². The third kappa shape index (κ3) is 2.28. The zero-order chi connectivity index (χ0) is 11.9. The fraction of sp³-hybridized carbons (Fsp3) is 1.00. The van der Waals surface area contributed by atoms with Crippen molar-refractivity contribution in [1.29, 1.82) is 0 Å². The Kier molecular flexibility index (Phi) is 3.23. The van der Waals surface area contributed by atoms with Crippen molar-refractivity contribution in [2.75, 3.05) is 19.6 Å². The first kappa shape index (κ1) is 12.0. The molecule has 0 heterocycles. The topological polar surface area (TPSA) is 3.24 Å². The predicted molar refractivity (Wildman–Crippen MR) is 73.0 cm³/mol. The molecule has 4 saturated carbocycles. The average molecular weight is 235 g/mol. The standard InChI is InChI=1S/C16H29N/c1-3-17(4-2)12-16-6-5-13-7-14(10-16)9-15(8-13)11-16/h13-15H,3-12H2,1-2H3. The Hall–Kier alpha value is -0.0400. The van der Waals surface area contributed by atoms with Crippen LogP contribution in [0.2, 0.25) is 0 Å². The number of hydrogen-bond acceptors (Lipinski definition) is 1. The molecule has 0 N–H and O–H groups in total. The molecule has 98 valence electrons. The molecule has 1 nitrogen and oxygen atoms in total. The molecule has 0 radical (unpaired) electrons. The van der Waals surface area contributed by atoms with Crippen LogP contribution in [0.25, 0.3) is 0 Å². The molecule has 17 heavy (non-hydrogen) atoms. The van der Waals surface area contributed by atoms with Gasteiger partial charge in [-0.25, -0.2) is 0 Å². The second-order valence-corrected chi connectivity index (χ2v) is 7.21. The lowest BCUT2D eigenvalue weighted by molar-refractivity contribution is 0.0366. The van der Waals surface area contributed by atoms with E-state index in [2.05, 4.69) is 18.7 Å². The third-order valence-electron chi connectivity index (χ3n) is 5.98. The minimum atomic E-state index is 0.727. The largest absolute Gasteiger partial charge is 0.303 e. The Morgan fingerprint density at radius 1 is 0.941 bits per heavy atom. The van der Waals surface area contributed by atoms with E-state index in [1.807, 2.05) is 0 Å². The van der Waals surface area contributed by atoms with Gasteiger partial charge in [-0.3, -0.25) is 0 Å². The van der Waals surface area contributed by atoms with Gasteiger partial charge < -0.3 is 4.90 Å². The van der Waals surface area contributed by atoms with Crippen LogP contribution in [0.5, 0.6) is 0 Å². The van der Waals surface area contributed by atoms with Crippen molar-refractivity contribution in [1.82, 2.24) is 4.90 Å². The molecule has 0 aliphatic heterocycles. The van der Waals surface area contributed by atoms with E-state index in [9.17, 15) is 0 Å². The second kappa shape index (κ2) is 4.57. The van der Waals surface area contributed by atoms with Gasteiger partial charge >= 0.3 is 0 Å². The lowest BCUT2D eigenvalue weighted by Gasteiger charge is -2.47. The minimum absolute atomic E-state index is 0.727. The molecule has 2 unspecified atom stereocenters. The Balaban J connectivity index is 1.76. The number of hydrogen-bond donors (Lipinski definition) is 0. The van der Waals surface area contributed by atoms with E-state index >= 15 is 0 Å². The normalized spacial score (nSPS) is 44.3. The monoisotopic (exact) mass is 235 g/mol. The van der Waals surface area contributed by atoms with E-state index in [4.69, 9.17) is 0 Å². The van der Waals surface area contributed by atoms with E-state index in [1.54, 1.807) is 44.9 Å². The predicted octanol–water partition coefficient (Wildman–Crippen LogP) is 3.93. The van der Waals surface area contributed by atoms with Gasteiger partial charge in [0, 0.05) is 6.54 Å². The van der Waals surface area contributed by atoms with Crippen LogP contribution in [-0.4, -0.2) is 24.5 Å². The quantitative estimate of drug-likeness (QED) is 0.713. The Labute approximate surface area is 107 Å². The third-order valence-corrected chi connectivity index (χ3v) is 5.98. The summed E-state index contributed by atoms with van der Waals surface area (Å²) in [5, 5.41) is 0. The zero-order valence-corrected chi connectivity index (χ0v) is 11.8. The van der Waals surface area contributed by atoms with Crippen LogP contribution in [0.4, 0.5) is 0 Å². The first-order valence-electron chi connectivity index (χ1n) is 7.95. The van der Waals surface area contributed by atoms with Crippen LogP contribution in [0.15, 0.2) is 0 Å². The van der Waals surface area contributed by atoms with Gasteiger partial charge in [-0.1, -0.05) is 13.8 Å². The molecule has 4 rings (SSSR count). The molecule has 4 aliphatic carbocycles. The molecule has 2 atom stereocenters. The van der Waals surface area contributed by atoms with Crippen LogP contribution < -0.4 is 0 Å². The highest BCUT2D eigenvalue weighted by molar-refractivity contribution is 4.99. The maximum Gasteiger partial charge on any atom is 0.00379 e. The molecule has 4 aliphatic rings. The summed E-state index contributed by atoms with van der Waals surface area (Å²) in [6.07, 6.45) is 11.0. The van der Waals surface area contributed by atoms with Gasteiger partial charge in [0.1, 0.15) is 0 Å². The minimum Gasteiger partial charge on any atom is -0.303 e. The highest BCUT2D eigenvalue weighted by Gasteiger charge is 2.47. The van der Waals surface area contributed by atoms with Crippen molar-refractivity contribution in [2.45, 2.75) is 58.8 Å². The van der Waals surface area contributed by atoms with Gasteiger partial charge in [-0.2, -0.15) is 0 Å². The summed E-state index contributed by atoms with van der Waals surface area (Å²) in [5.74, 6) is 3.32. The summed E-state index contributed by atoms with van der Waals surface area (Å²) >= 11 is 0. The lowest BCUT2D eigenvalue weighted by Crippen LogP contribution is -2.42. The van der Waals surface area contributed by atoms with Gasteiger partial charge in [0.25, 0.3) is 0 Å². The van der Waals surface area contributed by atoms with Crippen LogP contribution in [0, 0.1) is 23.2 Å². The van der Waals surface area contributed by atoms with E-state index in [1.165, 1.54) is 19.6 Å². The van der Waals surface area contributed by atoms with Gasteiger partial charge in [-0.15, -0.1) is 0 Å². The number of rotatable bonds is 4. The second-order valence-electron chi connectivity index (χ2n) is 7.21. The van der Waals surface area contributed by atoms with Crippen molar-refractivity contribution < 1.29 is 0 Å². The van der Waals surface area contributed by atoms with Crippen molar-refractivity contribution in [3.05, 3.63) is 0 Å². The molecule has 4 bridgehead atoms. The highest BCUT2D eigenvalue weighted by atomic mass is 15.1. The van der Waals surface area contributed by atoms with Crippen molar-refractivity contribution in [3.63, 3.8) is 0 Å². The summed E-state index contributed by atoms with van der Waals surface area (Å²) in [4.78, 5) is 2.69. The van der Waals surface area contributed by atoms with Crippen molar-refractivity contribution >= 4 is 0 Å². The number of fused-ring (bicyclic) bond motifs is 1. The fourth-order valence-electron chi connectivity index (χ4n) is 5.42. The first-order valence-corrected chi connectivity index (χ1v) is 7.95. The molecule has 1 heteroatoms. The fourth-order valence-corrected chi connectivity index (χ4v) is 5.42. The van der Waals surface area contributed by atoms with Gasteiger partial charge in [0.05, 0.1) is 0 Å². The first-order chi connectivity index (χ1) is 8.23. The number of nitrogens with zero attached hydrogens (tertiary/aromatic N) is 1. The summed E-state index contributed by atoms with van der Waals surface area (Å²) in [6.45, 7) is 8.56. The van der Waals surface area contributed by atoms with Crippen molar-refractivity contribution in [2.24, 2.45) is 23.2 Å². The van der Waals surface area contributed by atoms with Crippen molar-refractivity contribution in [3.8, 4) is 0 Å². The molecular weight excluding hydrogens is 206 g/mol. The zero-order valence-electron chi connectivity index (χ0n) is 11.8. The van der Waals surface area contributed by atoms with Gasteiger partial charge in [0.15, 0.2) is 0 Å². The molecule has 0 spiro atoms. The molecule has 0 aromatic heterocycles. The Morgan fingerprint density at radius 3 is 2.12 bits per heavy atom. The van der Waals surface area contributed by atoms with Gasteiger partial charge in [0.2, 0.25) is 0 Å². The summed E-state index contributed by atoms with van der Waals surface area (Å²) in [6, 6.07) is 0. The van der Waals surface area contributed by atoms with E-state index < -0.39 is 0 Å². The van der Waals surface area contributed by atoms with E-state index in [-0.39, 0.29) is 0 Å². The summed E-state index contributed by atoms with van der Waals surface area (Å²) < 4.78 is 0. The molecular formula is C16H29N. The van der Waals surface area contributed by atoms with Crippen LogP contribution in [0.1, 0.15) is 58.8 Å². The average Bonchev–Trinajstić information content (AvgIpc) is 2.51. The SMILES string of the molecule is CCN(CC)CC12CCC3CC(CC(C3)C1)C2. The lowest BCUT2D eigenvalue weighted by atomic mass is 9.61. The van der Waals surface area contributed by atoms with E-state index in [0.29, 0.717) is 0 Å². The molecule has 0 aromatic carbocycles. The maximum atomic E-state index is 2.69. The maximum absolute atomic E-state index is 2.69. The summed E-state index contributed by atoms with van der Waals surface area (Å²) in [5.41, 5.74) is 0.727. The molecule has 0 amide bonds. The highest BCUT2D eigenvalue weighted by Crippen LogP contribution is 2.57. The van der Waals surface area contributed by atoms with Crippen LogP contribution in [-0.2, 0) is 0 Å². The smallest absolute Gasteiger partial charge is 0.00379 e. The van der Waals surface area contributed by atoms with Crippen LogP contribution in [0.3, 0.4) is 0 Å². The summed E-state index contributed by atoms with van der Waals surface area (Å²) in [7, 11) is 0. The molecule has 4 fully saturated rings. The Morgan fingerprint density at radius 2 is 1.53 bits per heavy atom.